The average Bonchev–Trinajstić information content (AvgIpc) is 2.16. The molecule has 0 amide bonds. The minimum atomic E-state index is -0.969. The maximum Gasteiger partial charge on any atom is 0.336 e. The van der Waals surface area contributed by atoms with Crippen LogP contribution in [0.4, 0.5) is 5.69 Å². The van der Waals surface area contributed by atoms with E-state index in [1.165, 1.54) is 6.07 Å². The monoisotopic (exact) mass is 194 g/mol. The van der Waals surface area contributed by atoms with Crippen LogP contribution in [0, 0.1) is 0 Å². The van der Waals surface area contributed by atoms with Crippen LogP contribution >= 0.6 is 0 Å². The van der Waals surface area contributed by atoms with Crippen molar-refractivity contribution in [1.82, 2.24) is 0 Å². The Hall–Kier alpha value is -1.55. The lowest BCUT2D eigenvalue weighted by Gasteiger charge is -2.12. The predicted molar refractivity (Wildman–Crippen MR) is 55.0 cm³/mol. The number of nitrogen functional groups attached to an aromatic ring is 1. The third-order valence-electron chi connectivity index (χ3n) is 2.15. The topological polar surface area (TPSA) is 89.3 Å². The molecule has 1 atom stereocenters. The number of carboxylic acid groups (broad SMARTS) is 1. The van der Waals surface area contributed by atoms with Crippen LogP contribution in [0.25, 0.3) is 0 Å². The Morgan fingerprint density at radius 3 is 2.71 bits per heavy atom. The number of nitrogens with two attached hydrogens (primary N) is 2. The highest BCUT2D eigenvalue weighted by atomic mass is 16.4. The molecule has 0 heterocycles. The first-order chi connectivity index (χ1) is 6.56. The summed E-state index contributed by atoms with van der Waals surface area (Å²) in [5.74, 6) is -0.969. The molecular weight excluding hydrogens is 180 g/mol. The number of hydrogen-bond donors (Lipinski definition) is 3. The Morgan fingerprint density at radius 2 is 2.21 bits per heavy atom. The lowest BCUT2D eigenvalue weighted by Crippen LogP contribution is -2.14. The molecule has 0 aliphatic carbocycles. The molecule has 0 aromatic heterocycles. The fourth-order valence-electron chi connectivity index (χ4n) is 1.30. The molecule has 1 aromatic rings. The van der Waals surface area contributed by atoms with Crippen LogP contribution in [-0.2, 0) is 0 Å². The average molecular weight is 194 g/mol. The summed E-state index contributed by atoms with van der Waals surface area (Å²) < 4.78 is 0. The fraction of sp³-hybridized carbons (Fsp3) is 0.300. The van der Waals surface area contributed by atoms with Crippen molar-refractivity contribution in [3.05, 3.63) is 29.3 Å². The highest BCUT2D eigenvalue weighted by Gasteiger charge is 2.14. The first kappa shape index (κ1) is 10.5. The molecule has 0 fully saturated rings. The van der Waals surface area contributed by atoms with Gasteiger partial charge in [-0.3, -0.25) is 0 Å². The number of hydrogen-bond acceptors (Lipinski definition) is 3. The second kappa shape index (κ2) is 4.11. The zero-order valence-electron chi connectivity index (χ0n) is 8.03. The van der Waals surface area contributed by atoms with Gasteiger partial charge < -0.3 is 16.6 Å². The third kappa shape index (κ3) is 2.03. The summed E-state index contributed by atoms with van der Waals surface area (Å²) in [5.41, 5.74) is 12.7. The molecule has 4 nitrogen and oxygen atoms in total. The summed E-state index contributed by atoms with van der Waals surface area (Å²) >= 11 is 0. The zero-order chi connectivity index (χ0) is 10.7. The van der Waals surface area contributed by atoms with Crippen molar-refractivity contribution < 1.29 is 9.90 Å². The van der Waals surface area contributed by atoms with Gasteiger partial charge in [0.2, 0.25) is 0 Å². The van der Waals surface area contributed by atoms with Gasteiger partial charge in [-0.1, -0.05) is 6.92 Å². The van der Waals surface area contributed by atoms with Crippen LogP contribution < -0.4 is 11.5 Å². The predicted octanol–water partition coefficient (Wildman–Crippen LogP) is 1.38. The molecule has 1 rings (SSSR count). The summed E-state index contributed by atoms with van der Waals surface area (Å²) in [5, 5.41) is 8.90. The smallest absolute Gasteiger partial charge is 0.336 e. The van der Waals surface area contributed by atoms with E-state index >= 15 is 0 Å². The van der Waals surface area contributed by atoms with Crippen LogP contribution in [0.3, 0.4) is 0 Å². The molecular formula is C10H14N2O2. The van der Waals surface area contributed by atoms with Crippen LogP contribution in [0.5, 0.6) is 0 Å². The molecule has 4 heteroatoms. The molecule has 0 saturated heterocycles. The summed E-state index contributed by atoms with van der Waals surface area (Å²) in [6, 6.07) is 4.40. The van der Waals surface area contributed by atoms with E-state index in [2.05, 4.69) is 0 Å². The number of rotatable bonds is 3. The van der Waals surface area contributed by atoms with E-state index < -0.39 is 5.97 Å². The SMILES string of the molecule is CC[C@@H](N)c1cc(N)ccc1C(=O)O. The maximum atomic E-state index is 10.9. The van der Waals surface area contributed by atoms with Gasteiger partial charge in [-0.25, -0.2) is 4.79 Å². The molecule has 0 aliphatic rings. The molecule has 0 saturated carbocycles. The van der Waals surface area contributed by atoms with Crippen LogP contribution in [-0.4, -0.2) is 11.1 Å². The molecule has 1 aromatic carbocycles. The minimum absolute atomic E-state index is 0.230. The van der Waals surface area contributed by atoms with Crippen LogP contribution in [0.1, 0.15) is 35.3 Å². The summed E-state index contributed by atoms with van der Waals surface area (Å²) in [7, 11) is 0. The maximum absolute atomic E-state index is 10.9. The Morgan fingerprint density at radius 1 is 1.57 bits per heavy atom. The Bertz CT molecular complexity index is 350. The van der Waals surface area contributed by atoms with Crippen LogP contribution in [0.2, 0.25) is 0 Å². The quantitative estimate of drug-likeness (QED) is 0.634. The van der Waals surface area contributed by atoms with Crippen molar-refractivity contribution in [2.45, 2.75) is 19.4 Å². The lowest BCUT2D eigenvalue weighted by atomic mass is 9.98. The summed E-state index contributed by atoms with van der Waals surface area (Å²) in [4.78, 5) is 10.9. The van der Waals surface area contributed by atoms with Crippen LogP contribution in [0.15, 0.2) is 18.2 Å². The van der Waals surface area contributed by atoms with Gasteiger partial charge in [0.25, 0.3) is 0 Å². The number of anilines is 1. The number of carbonyl (C=O) groups is 1. The van der Waals surface area contributed by atoms with E-state index in [0.29, 0.717) is 17.7 Å². The number of carboxylic acids is 1. The molecule has 0 radical (unpaired) electrons. The Balaban J connectivity index is 3.22. The van der Waals surface area contributed by atoms with Gasteiger partial charge in [-0.15, -0.1) is 0 Å². The van der Waals surface area contributed by atoms with Crippen molar-refractivity contribution in [2.75, 3.05) is 5.73 Å². The Labute approximate surface area is 82.5 Å². The van der Waals surface area contributed by atoms with Crippen molar-refractivity contribution in [3.63, 3.8) is 0 Å². The molecule has 0 unspecified atom stereocenters. The number of benzene rings is 1. The normalized spacial score (nSPS) is 12.4. The summed E-state index contributed by atoms with van der Waals surface area (Å²) in [6.45, 7) is 1.90. The standard InChI is InChI=1S/C10H14N2O2/c1-2-9(12)8-5-6(11)3-4-7(8)10(13)14/h3-5,9H,2,11-12H2,1H3,(H,13,14)/t9-/m1/s1. The largest absolute Gasteiger partial charge is 0.478 e. The molecule has 76 valence electrons. The summed E-state index contributed by atoms with van der Waals surface area (Å²) in [6.07, 6.45) is 0.684. The van der Waals surface area contributed by atoms with E-state index in [0.717, 1.165) is 0 Å². The van der Waals surface area contributed by atoms with E-state index in [1.54, 1.807) is 12.1 Å². The van der Waals surface area contributed by atoms with Gasteiger partial charge in [0.1, 0.15) is 0 Å². The molecule has 0 spiro atoms. The first-order valence-corrected chi connectivity index (χ1v) is 4.44. The van der Waals surface area contributed by atoms with Gasteiger partial charge in [0, 0.05) is 11.7 Å². The Kier molecular flexibility index (Phi) is 3.09. The van der Waals surface area contributed by atoms with Gasteiger partial charge in [-0.05, 0) is 30.2 Å². The van der Waals surface area contributed by atoms with E-state index in [4.69, 9.17) is 16.6 Å². The third-order valence-corrected chi connectivity index (χ3v) is 2.15. The van der Waals surface area contributed by atoms with Crippen molar-refractivity contribution >= 4 is 11.7 Å². The van der Waals surface area contributed by atoms with E-state index in [9.17, 15) is 4.79 Å². The van der Waals surface area contributed by atoms with Gasteiger partial charge in [0.05, 0.1) is 5.56 Å². The van der Waals surface area contributed by atoms with Gasteiger partial charge >= 0.3 is 5.97 Å². The molecule has 5 N–H and O–H groups in total. The first-order valence-electron chi connectivity index (χ1n) is 4.44. The van der Waals surface area contributed by atoms with Crippen molar-refractivity contribution in [1.29, 1.82) is 0 Å². The van der Waals surface area contributed by atoms with Crippen molar-refractivity contribution in [3.8, 4) is 0 Å². The van der Waals surface area contributed by atoms with Crippen molar-refractivity contribution in [2.24, 2.45) is 5.73 Å². The molecule has 0 aliphatic heterocycles. The van der Waals surface area contributed by atoms with E-state index in [-0.39, 0.29) is 11.6 Å². The lowest BCUT2D eigenvalue weighted by molar-refractivity contribution is 0.0695. The molecule has 0 bridgehead atoms. The second-order valence-electron chi connectivity index (χ2n) is 3.17. The highest BCUT2D eigenvalue weighted by molar-refractivity contribution is 5.90. The fourth-order valence-corrected chi connectivity index (χ4v) is 1.30. The van der Waals surface area contributed by atoms with Gasteiger partial charge in [0.15, 0.2) is 0 Å². The molecule has 14 heavy (non-hydrogen) atoms. The zero-order valence-corrected chi connectivity index (χ0v) is 8.03. The highest BCUT2D eigenvalue weighted by Crippen LogP contribution is 2.21. The number of aromatic carboxylic acids is 1. The van der Waals surface area contributed by atoms with E-state index in [1.807, 2.05) is 6.92 Å². The van der Waals surface area contributed by atoms with Gasteiger partial charge in [-0.2, -0.15) is 0 Å². The second-order valence-corrected chi connectivity index (χ2v) is 3.17. The minimum Gasteiger partial charge on any atom is -0.478 e.